The number of anilines is 2. The molecule has 0 atom stereocenters. The molecule has 1 heterocycles. The standard InChI is InChI=1S/C16H15NOS/c1-10-4-6-13-15(8-10)19-16-9-11(2)5-7-14(16)17(13)12(3)18/h4-9H,1-3H3. The van der Waals surface area contributed by atoms with Crippen LogP contribution in [0.4, 0.5) is 11.4 Å². The van der Waals surface area contributed by atoms with Gasteiger partial charge in [-0.3, -0.25) is 9.69 Å². The third kappa shape index (κ3) is 2.04. The predicted molar refractivity (Wildman–Crippen MR) is 79.3 cm³/mol. The molecule has 0 saturated heterocycles. The molecular weight excluding hydrogens is 254 g/mol. The van der Waals surface area contributed by atoms with Gasteiger partial charge in [-0.1, -0.05) is 23.9 Å². The van der Waals surface area contributed by atoms with Crippen LogP contribution in [0.15, 0.2) is 46.2 Å². The fourth-order valence-corrected chi connectivity index (χ4v) is 3.62. The summed E-state index contributed by atoms with van der Waals surface area (Å²) in [6.07, 6.45) is 0. The summed E-state index contributed by atoms with van der Waals surface area (Å²) >= 11 is 1.74. The lowest BCUT2D eigenvalue weighted by atomic mass is 10.1. The molecule has 2 aromatic rings. The van der Waals surface area contributed by atoms with Crippen molar-refractivity contribution in [2.75, 3.05) is 4.90 Å². The van der Waals surface area contributed by atoms with Gasteiger partial charge in [0.2, 0.25) is 5.91 Å². The number of amides is 1. The van der Waals surface area contributed by atoms with Crippen LogP contribution in [0.1, 0.15) is 18.1 Å². The Balaban J connectivity index is 2.23. The summed E-state index contributed by atoms with van der Waals surface area (Å²) in [4.78, 5) is 16.1. The van der Waals surface area contributed by atoms with Gasteiger partial charge in [0.05, 0.1) is 11.4 Å². The Kier molecular flexibility index (Phi) is 2.86. The average Bonchev–Trinajstić information content (AvgIpc) is 2.35. The van der Waals surface area contributed by atoms with Crippen molar-refractivity contribution in [2.45, 2.75) is 30.6 Å². The highest BCUT2D eigenvalue weighted by Gasteiger charge is 2.26. The fourth-order valence-electron chi connectivity index (χ4n) is 2.36. The van der Waals surface area contributed by atoms with Gasteiger partial charge in [0.1, 0.15) is 0 Å². The van der Waals surface area contributed by atoms with Gasteiger partial charge < -0.3 is 0 Å². The topological polar surface area (TPSA) is 20.3 Å². The van der Waals surface area contributed by atoms with E-state index in [4.69, 9.17) is 0 Å². The fraction of sp³-hybridized carbons (Fsp3) is 0.188. The van der Waals surface area contributed by atoms with Crippen molar-refractivity contribution >= 4 is 29.0 Å². The van der Waals surface area contributed by atoms with Crippen LogP contribution >= 0.6 is 11.8 Å². The predicted octanol–water partition coefficient (Wildman–Crippen LogP) is 4.45. The Morgan fingerprint density at radius 1 is 0.947 bits per heavy atom. The van der Waals surface area contributed by atoms with E-state index in [0.717, 1.165) is 21.2 Å². The Bertz CT molecular complexity index is 627. The number of hydrogen-bond donors (Lipinski definition) is 0. The number of nitrogens with zero attached hydrogens (tertiary/aromatic N) is 1. The molecule has 2 nitrogen and oxygen atoms in total. The molecule has 96 valence electrons. The van der Waals surface area contributed by atoms with Crippen LogP contribution in [0, 0.1) is 13.8 Å². The van der Waals surface area contributed by atoms with Crippen molar-refractivity contribution in [3.05, 3.63) is 47.5 Å². The van der Waals surface area contributed by atoms with Crippen molar-refractivity contribution in [3.8, 4) is 0 Å². The van der Waals surface area contributed by atoms with Crippen molar-refractivity contribution in [1.82, 2.24) is 0 Å². The lowest BCUT2D eigenvalue weighted by Crippen LogP contribution is -2.25. The van der Waals surface area contributed by atoms with E-state index in [9.17, 15) is 4.79 Å². The molecule has 1 aliphatic heterocycles. The molecule has 3 heteroatoms. The quantitative estimate of drug-likeness (QED) is 0.704. The van der Waals surface area contributed by atoms with Crippen LogP contribution in [0.5, 0.6) is 0 Å². The highest BCUT2D eigenvalue weighted by Crippen LogP contribution is 2.48. The maximum Gasteiger partial charge on any atom is 0.228 e. The first-order valence-electron chi connectivity index (χ1n) is 6.26. The Morgan fingerprint density at radius 2 is 1.42 bits per heavy atom. The smallest absolute Gasteiger partial charge is 0.228 e. The van der Waals surface area contributed by atoms with E-state index in [-0.39, 0.29) is 5.91 Å². The number of rotatable bonds is 0. The van der Waals surface area contributed by atoms with Crippen LogP contribution in [0.2, 0.25) is 0 Å². The Hall–Kier alpha value is -1.74. The minimum atomic E-state index is 0.0514. The van der Waals surface area contributed by atoms with Gasteiger partial charge in [-0.25, -0.2) is 0 Å². The van der Waals surface area contributed by atoms with Crippen molar-refractivity contribution < 1.29 is 4.79 Å². The highest BCUT2D eigenvalue weighted by molar-refractivity contribution is 7.99. The Labute approximate surface area is 117 Å². The summed E-state index contributed by atoms with van der Waals surface area (Å²) in [5.74, 6) is 0.0514. The second kappa shape index (κ2) is 4.42. The minimum absolute atomic E-state index is 0.0514. The summed E-state index contributed by atoms with van der Waals surface area (Å²) in [6, 6.07) is 12.4. The molecular formula is C16H15NOS. The Morgan fingerprint density at radius 3 is 1.84 bits per heavy atom. The molecule has 0 fully saturated rings. The van der Waals surface area contributed by atoms with Gasteiger partial charge in [-0.15, -0.1) is 0 Å². The van der Waals surface area contributed by atoms with Crippen molar-refractivity contribution in [3.63, 3.8) is 0 Å². The second-order valence-corrected chi connectivity index (χ2v) is 5.98. The highest BCUT2D eigenvalue weighted by atomic mass is 32.2. The summed E-state index contributed by atoms with van der Waals surface area (Å²) in [7, 11) is 0. The third-order valence-electron chi connectivity index (χ3n) is 3.25. The van der Waals surface area contributed by atoms with Crippen LogP contribution in [-0.4, -0.2) is 5.91 Å². The molecule has 0 aliphatic carbocycles. The largest absolute Gasteiger partial charge is 0.279 e. The zero-order chi connectivity index (χ0) is 13.6. The molecule has 19 heavy (non-hydrogen) atoms. The zero-order valence-corrected chi connectivity index (χ0v) is 12.0. The SMILES string of the molecule is CC(=O)N1c2ccc(C)cc2Sc2cc(C)ccc21. The number of fused-ring (bicyclic) bond motifs is 2. The van der Waals surface area contributed by atoms with Crippen molar-refractivity contribution in [2.24, 2.45) is 0 Å². The maximum absolute atomic E-state index is 12.0. The van der Waals surface area contributed by atoms with Crippen LogP contribution in [-0.2, 0) is 4.79 Å². The molecule has 0 unspecified atom stereocenters. The van der Waals surface area contributed by atoms with E-state index < -0.39 is 0 Å². The van der Waals surface area contributed by atoms with E-state index in [1.165, 1.54) is 11.1 Å². The van der Waals surface area contributed by atoms with Crippen molar-refractivity contribution in [1.29, 1.82) is 0 Å². The molecule has 0 bridgehead atoms. The first-order valence-corrected chi connectivity index (χ1v) is 7.08. The molecule has 2 aromatic carbocycles. The number of carbonyl (C=O) groups excluding carboxylic acids is 1. The van der Waals surface area contributed by atoms with Gasteiger partial charge in [-0.05, 0) is 49.2 Å². The molecule has 3 rings (SSSR count). The van der Waals surface area contributed by atoms with Gasteiger partial charge in [0.15, 0.2) is 0 Å². The minimum Gasteiger partial charge on any atom is -0.279 e. The van der Waals surface area contributed by atoms with E-state index >= 15 is 0 Å². The monoisotopic (exact) mass is 269 g/mol. The number of aryl methyl sites for hydroxylation is 2. The summed E-state index contributed by atoms with van der Waals surface area (Å²) in [6.45, 7) is 5.76. The van der Waals surface area contributed by atoms with Crippen LogP contribution in [0.25, 0.3) is 0 Å². The summed E-state index contributed by atoms with van der Waals surface area (Å²) < 4.78 is 0. The van der Waals surface area contributed by atoms with E-state index in [2.05, 4.69) is 38.1 Å². The van der Waals surface area contributed by atoms with E-state index in [1.54, 1.807) is 23.6 Å². The summed E-state index contributed by atoms with van der Waals surface area (Å²) in [5.41, 5.74) is 4.40. The van der Waals surface area contributed by atoms with E-state index in [1.807, 2.05) is 12.1 Å². The normalized spacial score (nSPS) is 12.9. The van der Waals surface area contributed by atoms with Gasteiger partial charge in [0.25, 0.3) is 0 Å². The third-order valence-corrected chi connectivity index (χ3v) is 4.34. The lowest BCUT2D eigenvalue weighted by molar-refractivity contribution is -0.115. The molecule has 0 radical (unpaired) electrons. The molecule has 0 N–H and O–H groups in total. The van der Waals surface area contributed by atoms with Crippen LogP contribution < -0.4 is 4.90 Å². The molecule has 1 amide bonds. The van der Waals surface area contributed by atoms with Crippen LogP contribution in [0.3, 0.4) is 0 Å². The molecule has 0 aromatic heterocycles. The lowest BCUT2D eigenvalue weighted by Gasteiger charge is -2.30. The molecule has 0 spiro atoms. The average molecular weight is 269 g/mol. The summed E-state index contributed by atoms with van der Waals surface area (Å²) in [5, 5.41) is 0. The number of carbonyl (C=O) groups is 1. The molecule has 0 saturated carbocycles. The van der Waals surface area contributed by atoms with E-state index in [0.29, 0.717) is 0 Å². The zero-order valence-electron chi connectivity index (χ0n) is 11.2. The maximum atomic E-state index is 12.0. The number of benzene rings is 2. The molecule has 1 aliphatic rings. The number of hydrogen-bond acceptors (Lipinski definition) is 2. The van der Waals surface area contributed by atoms with Gasteiger partial charge in [0, 0.05) is 16.7 Å². The second-order valence-electron chi connectivity index (χ2n) is 4.90. The first-order chi connectivity index (χ1) is 9.06. The van der Waals surface area contributed by atoms with Gasteiger partial charge >= 0.3 is 0 Å². The first kappa shape index (κ1) is 12.3. The van der Waals surface area contributed by atoms with Gasteiger partial charge in [-0.2, -0.15) is 0 Å².